The fourth-order valence-electron chi connectivity index (χ4n) is 1.71. The normalized spacial score (nSPS) is 11.7. The van der Waals surface area contributed by atoms with E-state index in [-0.39, 0.29) is 23.7 Å². The summed E-state index contributed by atoms with van der Waals surface area (Å²) in [6.45, 7) is 4.04. The van der Waals surface area contributed by atoms with Crippen molar-refractivity contribution in [1.82, 2.24) is 0 Å². The minimum Gasteiger partial charge on any atom is -0.366 e. The summed E-state index contributed by atoms with van der Waals surface area (Å²) in [7, 11) is 0. The lowest BCUT2D eigenvalue weighted by molar-refractivity contribution is 0.112. The van der Waals surface area contributed by atoms with Crippen molar-refractivity contribution in [1.29, 1.82) is 5.26 Å². The maximum atomic E-state index is 13.8. The van der Waals surface area contributed by atoms with Crippen molar-refractivity contribution < 1.29 is 13.6 Å². The largest absolute Gasteiger partial charge is 0.366 e. The molecular weight excluding hydrogens is 238 g/mol. The first-order valence-electron chi connectivity index (χ1n) is 5.62. The van der Waals surface area contributed by atoms with Gasteiger partial charge in [0.25, 0.3) is 0 Å². The summed E-state index contributed by atoms with van der Waals surface area (Å²) in [5, 5.41) is 8.74. The number of nitrogens with zero attached hydrogens (tertiary/aromatic N) is 2. The highest BCUT2D eigenvalue weighted by atomic mass is 19.1. The molecule has 1 unspecified atom stereocenters. The molecule has 0 aliphatic heterocycles. The molecule has 5 heteroatoms. The number of anilines is 1. The molecule has 0 radical (unpaired) electrons. The fraction of sp³-hybridized carbons (Fsp3) is 0.385. The summed E-state index contributed by atoms with van der Waals surface area (Å²) in [6.07, 6.45) is 0.393. The smallest absolute Gasteiger partial charge is 0.150 e. The van der Waals surface area contributed by atoms with E-state index in [0.29, 0.717) is 12.8 Å². The van der Waals surface area contributed by atoms with Gasteiger partial charge in [-0.15, -0.1) is 0 Å². The molecule has 0 amide bonds. The lowest BCUT2D eigenvalue weighted by atomic mass is 10.1. The molecule has 0 aliphatic carbocycles. The number of hydrogen-bond acceptors (Lipinski definition) is 3. The third-order valence-electron chi connectivity index (χ3n) is 2.59. The molecule has 18 heavy (non-hydrogen) atoms. The van der Waals surface area contributed by atoms with Gasteiger partial charge in [0.1, 0.15) is 23.6 Å². The third kappa shape index (κ3) is 3.04. The molecule has 0 bridgehead atoms. The molecule has 1 aromatic rings. The van der Waals surface area contributed by atoms with Crippen LogP contribution in [0, 0.1) is 28.9 Å². The monoisotopic (exact) mass is 252 g/mol. The van der Waals surface area contributed by atoms with Crippen molar-refractivity contribution in [2.75, 3.05) is 18.0 Å². The molecule has 0 aromatic heterocycles. The van der Waals surface area contributed by atoms with E-state index < -0.39 is 11.6 Å². The topological polar surface area (TPSA) is 44.1 Å². The van der Waals surface area contributed by atoms with Gasteiger partial charge in [-0.05, 0) is 26.0 Å². The quantitative estimate of drug-likeness (QED) is 0.757. The lowest BCUT2D eigenvalue weighted by Gasteiger charge is -2.25. The van der Waals surface area contributed by atoms with E-state index in [9.17, 15) is 13.6 Å². The standard InChI is InChI=1S/C13H14F2N2O/c1-3-17(7-9(2)6-16)13-11(14)4-10(8-18)5-12(13)15/h4-5,8-9H,3,7H2,1-2H3. The van der Waals surface area contributed by atoms with E-state index in [4.69, 9.17) is 5.26 Å². The van der Waals surface area contributed by atoms with Gasteiger partial charge in [0.2, 0.25) is 0 Å². The number of rotatable bonds is 5. The zero-order chi connectivity index (χ0) is 13.7. The highest BCUT2D eigenvalue weighted by Gasteiger charge is 2.18. The maximum Gasteiger partial charge on any atom is 0.150 e. The average molecular weight is 252 g/mol. The van der Waals surface area contributed by atoms with Gasteiger partial charge in [0.05, 0.1) is 12.0 Å². The average Bonchev–Trinajstić information content (AvgIpc) is 2.35. The van der Waals surface area contributed by atoms with Crippen LogP contribution in [0.25, 0.3) is 0 Å². The first kappa shape index (κ1) is 14.1. The molecule has 0 spiro atoms. The summed E-state index contributed by atoms with van der Waals surface area (Å²) in [5.74, 6) is -1.91. The zero-order valence-corrected chi connectivity index (χ0v) is 10.3. The van der Waals surface area contributed by atoms with Crippen LogP contribution in [0.1, 0.15) is 24.2 Å². The zero-order valence-electron chi connectivity index (χ0n) is 10.3. The Bertz CT molecular complexity index is 459. The van der Waals surface area contributed by atoms with Crippen LogP contribution in [0.5, 0.6) is 0 Å². The first-order chi connectivity index (χ1) is 8.53. The van der Waals surface area contributed by atoms with E-state index in [1.54, 1.807) is 13.8 Å². The number of benzene rings is 1. The van der Waals surface area contributed by atoms with Crippen LogP contribution < -0.4 is 4.90 Å². The van der Waals surface area contributed by atoms with Crippen LogP contribution in [0.2, 0.25) is 0 Å². The van der Waals surface area contributed by atoms with Crippen molar-refractivity contribution in [3.05, 3.63) is 29.3 Å². The Kier molecular flexibility index (Phi) is 4.78. The van der Waals surface area contributed by atoms with Gasteiger partial charge in [-0.25, -0.2) is 8.78 Å². The highest BCUT2D eigenvalue weighted by molar-refractivity contribution is 5.76. The molecule has 0 heterocycles. The van der Waals surface area contributed by atoms with Gasteiger partial charge in [-0.3, -0.25) is 4.79 Å². The van der Waals surface area contributed by atoms with Crippen LogP contribution >= 0.6 is 0 Å². The molecular formula is C13H14F2N2O. The van der Waals surface area contributed by atoms with E-state index in [1.165, 1.54) is 4.90 Å². The Balaban J connectivity index is 3.14. The van der Waals surface area contributed by atoms with Crippen molar-refractivity contribution in [3.63, 3.8) is 0 Å². The lowest BCUT2D eigenvalue weighted by Crippen LogP contribution is -2.29. The van der Waals surface area contributed by atoms with Crippen LogP contribution in [0.4, 0.5) is 14.5 Å². The highest BCUT2D eigenvalue weighted by Crippen LogP contribution is 2.25. The Hall–Kier alpha value is -1.96. The number of carbonyl (C=O) groups is 1. The number of carbonyl (C=O) groups excluding carboxylic acids is 1. The molecule has 1 atom stereocenters. The van der Waals surface area contributed by atoms with E-state index in [0.717, 1.165) is 12.1 Å². The minimum absolute atomic E-state index is 0.0434. The fourth-order valence-corrected chi connectivity index (χ4v) is 1.71. The second-order valence-electron chi connectivity index (χ2n) is 4.02. The Morgan fingerprint density at radius 2 is 2.00 bits per heavy atom. The number of nitriles is 1. The van der Waals surface area contributed by atoms with Crippen molar-refractivity contribution in [3.8, 4) is 6.07 Å². The van der Waals surface area contributed by atoms with E-state index >= 15 is 0 Å². The van der Waals surface area contributed by atoms with Crippen LogP contribution in [-0.4, -0.2) is 19.4 Å². The predicted molar refractivity (Wildman–Crippen MR) is 64.4 cm³/mol. The number of hydrogen-bond donors (Lipinski definition) is 0. The third-order valence-corrected chi connectivity index (χ3v) is 2.59. The van der Waals surface area contributed by atoms with Crippen molar-refractivity contribution in [2.24, 2.45) is 5.92 Å². The van der Waals surface area contributed by atoms with Gasteiger partial charge in [0.15, 0.2) is 0 Å². The molecule has 0 fully saturated rings. The molecule has 0 saturated carbocycles. The van der Waals surface area contributed by atoms with Crippen molar-refractivity contribution >= 4 is 12.0 Å². The second kappa shape index (κ2) is 6.10. The minimum atomic E-state index is -0.788. The van der Waals surface area contributed by atoms with Gasteiger partial charge in [-0.1, -0.05) is 0 Å². The molecule has 0 aliphatic rings. The van der Waals surface area contributed by atoms with Crippen LogP contribution in [0.3, 0.4) is 0 Å². The van der Waals surface area contributed by atoms with Gasteiger partial charge < -0.3 is 4.90 Å². The Morgan fingerprint density at radius 1 is 1.44 bits per heavy atom. The molecule has 0 saturated heterocycles. The molecule has 1 aromatic carbocycles. The summed E-state index contributed by atoms with van der Waals surface area (Å²) < 4.78 is 27.5. The van der Waals surface area contributed by atoms with Crippen LogP contribution in [-0.2, 0) is 0 Å². The molecule has 1 rings (SSSR count). The van der Waals surface area contributed by atoms with E-state index in [1.807, 2.05) is 6.07 Å². The van der Waals surface area contributed by atoms with Crippen molar-refractivity contribution in [2.45, 2.75) is 13.8 Å². The molecule has 96 valence electrons. The summed E-state index contributed by atoms with van der Waals surface area (Å²) in [5.41, 5.74) is -0.233. The first-order valence-corrected chi connectivity index (χ1v) is 5.62. The van der Waals surface area contributed by atoms with E-state index in [2.05, 4.69) is 0 Å². The summed E-state index contributed by atoms with van der Waals surface area (Å²) in [6, 6.07) is 4.00. The SMILES string of the molecule is CCN(CC(C)C#N)c1c(F)cc(C=O)cc1F. The van der Waals surface area contributed by atoms with Crippen LogP contribution in [0.15, 0.2) is 12.1 Å². The summed E-state index contributed by atoms with van der Waals surface area (Å²) >= 11 is 0. The molecule has 3 nitrogen and oxygen atoms in total. The number of halogens is 2. The predicted octanol–water partition coefficient (Wildman–Crippen LogP) is 2.76. The van der Waals surface area contributed by atoms with Gasteiger partial charge in [-0.2, -0.15) is 5.26 Å². The second-order valence-corrected chi connectivity index (χ2v) is 4.02. The summed E-state index contributed by atoms with van der Waals surface area (Å²) in [4.78, 5) is 11.9. The Morgan fingerprint density at radius 3 is 2.39 bits per heavy atom. The van der Waals surface area contributed by atoms with Gasteiger partial charge in [0, 0.05) is 18.7 Å². The van der Waals surface area contributed by atoms with Gasteiger partial charge >= 0.3 is 0 Å². The molecule has 0 N–H and O–H groups in total. The maximum absolute atomic E-state index is 13.8. The number of aldehydes is 1. The Labute approximate surface area is 105 Å².